The summed E-state index contributed by atoms with van der Waals surface area (Å²) in [6.45, 7) is 1.77. The lowest BCUT2D eigenvalue weighted by Gasteiger charge is -2.05. The van der Waals surface area contributed by atoms with E-state index >= 15 is 0 Å². The highest BCUT2D eigenvalue weighted by atomic mass is 16.4. The number of aromatic amines is 1. The summed E-state index contributed by atoms with van der Waals surface area (Å²) in [5.41, 5.74) is 3.17. The molecule has 0 saturated heterocycles. The van der Waals surface area contributed by atoms with Crippen molar-refractivity contribution in [1.82, 2.24) is 15.0 Å². The Labute approximate surface area is 131 Å². The van der Waals surface area contributed by atoms with Crippen LogP contribution >= 0.6 is 0 Å². The number of rotatable bonds is 4. The van der Waals surface area contributed by atoms with E-state index in [9.17, 15) is 9.59 Å². The van der Waals surface area contributed by atoms with Crippen molar-refractivity contribution >= 4 is 28.9 Å². The first-order valence-corrected chi connectivity index (χ1v) is 7.05. The molecule has 0 fully saturated rings. The van der Waals surface area contributed by atoms with Gasteiger partial charge in [-0.2, -0.15) is 0 Å². The SMILES string of the molecule is CCC(=O)c1cc(-c2cccnc2)cc2[nH]c(NC(=O)O)nc12. The van der Waals surface area contributed by atoms with E-state index in [-0.39, 0.29) is 11.7 Å². The predicted octanol–water partition coefficient (Wildman–Crippen LogP) is 3.31. The summed E-state index contributed by atoms with van der Waals surface area (Å²) < 4.78 is 0. The number of ketones is 1. The van der Waals surface area contributed by atoms with E-state index < -0.39 is 6.09 Å². The molecule has 3 rings (SSSR count). The van der Waals surface area contributed by atoms with Crippen molar-refractivity contribution in [3.8, 4) is 11.1 Å². The number of aromatic nitrogens is 3. The fourth-order valence-corrected chi connectivity index (χ4v) is 2.38. The van der Waals surface area contributed by atoms with Gasteiger partial charge in [0.1, 0.15) is 5.52 Å². The Kier molecular flexibility index (Phi) is 3.76. The van der Waals surface area contributed by atoms with Crippen LogP contribution < -0.4 is 5.32 Å². The van der Waals surface area contributed by atoms with Gasteiger partial charge in [-0.3, -0.25) is 15.1 Å². The zero-order valence-electron chi connectivity index (χ0n) is 12.3. The summed E-state index contributed by atoms with van der Waals surface area (Å²) in [5.74, 6) is 0.0232. The van der Waals surface area contributed by atoms with Gasteiger partial charge in [-0.25, -0.2) is 9.78 Å². The Morgan fingerprint density at radius 1 is 1.30 bits per heavy atom. The van der Waals surface area contributed by atoms with E-state index in [0.717, 1.165) is 11.1 Å². The highest BCUT2D eigenvalue weighted by Crippen LogP contribution is 2.28. The maximum Gasteiger partial charge on any atom is 0.411 e. The van der Waals surface area contributed by atoms with Crippen LogP contribution in [0, 0.1) is 0 Å². The van der Waals surface area contributed by atoms with E-state index in [1.165, 1.54) is 0 Å². The standard InChI is InChI=1S/C16H14N4O3/c1-2-13(21)11-6-10(9-4-3-5-17-8-9)7-12-14(11)19-15(18-12)20-16(22)23/h3-8H,2H2,1H3,(H,22,23)(H2,18,19,20). The molecular weight excluding hydrogens is 296 g/mol. The average Bonchev–Trinajstić information content (AvgIpc) is 2.95. The van der Waals surface area contributed by atoms with E-state index in [1.54, 1.807) is 25.4 Å². The Morgan fingerprint density at radius 3 is 2.78 bits per heavy atom. The Balaban J connectivity index is 2.20. The van der Waals surface area contributed by atoms with Crippen LogP contribution in [0.25, 0.3) is 22.2 Å². The molecule has 0 atom stereocenters. The molecule has 116 valence electrons. The van der Waals surface area contributed by atoms with Crippen LogP contribution in [0.4, 0.5) is 10.7 Å². The second-order valence-electron chi connectivity index (χ2n) is 4.95. The zero-order chi connectivity index (χ0) is 16.4. The number of hydrogen-bond acceptors (Lipinski definition) is 4. The lowest BCUT2D eigenvalue weighted by Crippen LogP contribution is -2.08. The fourth-order valence-electron chi connectivity index (χ4n) is 2.38. The van der Waals surface area contributed by atoms with Gasteiger partial charge in [0.25, 0.3) is 0 Å². The van der Waals surface area contributed by atoms with Crippen LogP contribution in [0.2, 0.25) is 0 Å². The molecule has 2 aromatic heterocycles. The normalized spacial score (nSPS) is 10.7. The summed E-state index contributed by atoms with van der Waals surface area (Å²) in [6.07, 6.45) is 2.49. The minimum Gasteiger partial charge on any atom is -0.465 e. The number of imidazole rings is 1. The highest BCUT2D eigenvalue weighted by Gasteiger charge is 2.16. The number of nitrogens with zero attached hydrogens (tertiary/aromatic N) is 2. The number of amides is 1. The average molecular weight is 310 g/mol. The first kappa shape index (κ1) is 14.7. The topological polar surface area (TPSA) is 108 Å². The number of nitrogens with one attached hydrogen (secondary N) is 2. The summed E-state index contributed by atoms with van der Waals surface area (Å²) >= 11 is 0. The molecule has 23 heavy (non-hydrogen) atoms. The van der Waals surface area contributed by atoms with Crippen LogP contribution in [0.15, 0.2) is 36.7 Å². The number of Topliss-reactive ketones (excluding diaryl/α,β-unsaturated/α-hetero) is 1. The first-order valence-electron chi connectivity index (χ1n) is 7.05. The second kappa shape index (κ2) is 5.88. The summed E-state index contributed by atoms with van der Waals surface area (Å²) in [5, 5.41) is 11.0. The van der Waals surface area contributed by atoms with Crippen LogP contribution in [0.1, 0.15) is 23.7 Å². The molecule has 0 aliphatic heterocycles. The van der Waals surface area contributed by atoms with Crippen molar-refractivity contribution in [3.05, 3.63) is 42.2 Å². The first-order chi connectivity index (χ1) is 11.1. The number of carbonyl (C=O) groups is 2. The maximum absolute atomic E-state index is 12.2. The molecule has 0 spiro atoms. The van der Waals surface area contributed by atoms with Gasteiger partial charge in [-0.15, -0.1) is 0 Å². The molecular formula is C16H14N4O3. The van der Waals surface area contributed by atoms with Crippen molar-refractivity contribution in [1.29, 1.82) is 0 Å². The van der Waals surface area contributed by atoms with Gasteiger partial charge in [0.15, 0.2) is 5.78 Å². The molecule has 0 radical (unpaired) electrons. The molecule has 3 aromatic rings. The third kappa shape index (κ3) is 2.89. The quantitative estimate of drug-likeness (QED) is 0.641. The van der Waals surface area contributed by atoms with Crippen molar-refractivity contribution in [3.63, 3.8) is 0 Å². The molecule has 0 unspecified atom stereocenters. The molecule has 0 aliphatic carbocycles. The second-order valence-corrected chi connectivity index (χ2v) is 4.95. The van der Waals surface area contributed by atoms with Crippen LogP contribution in [-0.4, -0.2) is 31.9 Å². The number of benzene rings is 1. The van der Waals surface area contributed by atoms with E-state index in [1.807, 2.05) is 18.2 Å². The van der Waals surface area contributed by atoms with Gasteiger partial charge < -0.3 is 10.1 Å². The van der Waals surface area contributed by atoms with E-state index in [0.29, 0.717) is 23.0 Å². The molecule has 0 aliphatic rings. The predicted molar refractivity (Wildman–Crippen MR) is 85.6 cm³/mol. The summed E-state index contributed by atoms with van der Waals surface area (Å²) in [6, 6.07) is 7.28. The van der Waals surface area contributed by atoms with Gasteiger partial charge in [-0.1, -0.05) is 13.0 Å². The number of fused-ring (bicyclic) bond motifs is 1. The third-order valence-electron chi connectivity index (χ3n) is 3.43. The zero-order valence-corrected chi connectivity index (χ0v) is 12.3. The van der Waals surface area contributed by atoms with Crippen LogP contribution in [0.3, 0.4) is 0 Å². The lowest BCUT2D eigenvalue weighted by atomic mass is 10.00. The number of pyridine rings is 1. The van der Waals surface area contributed by atoms with Gasteiger partial charge in [-0.05, 0) is 23.8 Å². The summed E-state index contributed by atoms with van der Waals surface area (Å²) in [7, 11) is 0. The maximum atomic E-state index is 12.2. The van der Waals surface area contributed by atoms with Gasteiger partial charge in [0.05, 0.1) is 5.52 Å². The number of carbonyl (C=O) groups excluding carboxylic acids is 1. The minimum absolute atomic E-state index is 0.0610. The molecule has 0 saturated carbocycles. The molecule has 2 heterocycles. The summed E-state index contributed by atoms with van der Waals surface area (Å²) in [4.78, 5) is 34.1. The minimum atomic E-state index is -1.22. The third-order valence-corrected chi connectivity index (χ3v) is 3.43. The molecule has 3 N–H and O–H groups in total. The highest BCUT2D eigenvalue weighted by molar-refractivity contribution is 6.08. The number of carboxylic acid groups (broad SMARTS) is 1. The Morgan fingerprint density at radius 2 is 2.13 bits per heavy atom. The molecule has 1 aromatic carbocycles. The fraction of sp³-hybridized carbons (Fsp3) is 0.125. The van der Waals surface area contributed by atoms with Gasteiger partial charge >= 0.3 is 6.09 Å². The molecule has 1 amide bonds. The van der Waals surface area contributed by atoms with Gasteiger partial charge in [0, 0.05) is 29.9 Å². The molecule has 7 nitrogen and oxygen atoms in total. The van der Waals surface area contributed by atoms with Crippen molar-refractivity contribution < 1.29 is 14.7 Å². The Bertz CT molecular complexity index is 887. The monoisotopic (exact) mass is 310 g/mol. The lowest BCUT2D eigenvalue weighted by molar-refractivity contribution is 0.0989. The van der Waals surface area contributed by atoms with E-state index in [4.69, 9.17) is 5.11 Å². The van der Waals surface area contributed by atoms with Crippen molar-refractivity contribution in [2.75, 3.05) is 5.32 Å². The number of H-pyrrole nitrogens is 1. The number of hydrogen-bond donors (Lipinski definition) is 3. The van der Waals surface area contributed by atoms with Crippen molar-refractivity contribution in [2.45, 2.75) is 13.3 Å². The van der Waals surface area contributed by atoms with Crippen LogP contribution in [-0.2, 0) is 0 Å². The Hall–Kier alpha value is -3.22. The van der Waals surface area contributed by atoms with Gasteiger partial charge in [0.2, 0.25) is 5.95 Å². The molecule has 7 heteroatoms. The smallest absolute Gasteiger partial charge is 0.411 e. The number of anilines is 1. The van der Waals surface area contributed by atoms with E-state index in [2.05, 4.69) is 20.3 Å². The van der Waals surface area contributed by atoms with Crippen molar-refractivity contribution in [2.24, 2.45) is 0 Å². The van der Waals surface area contributed by atoms with Crippen LogP contribution in [0.5, 0.6) is 0 Å². The molecule has 0 bridgehead atoms. The largest absolute Gasteiger partial charge is 0.465 e.